The van der Waals surface area contributed by atoms with E-state index in [-0.39, 0.29) is 0 Å². The van der Waals surface area contributed by atoms with Gasteiger partial charge in [-0.3, -0.25) is 0 Å². The Hall–Kier alpha value is -2.03. The van der Waals surface area contributed by atoms with Gasteiger partial charge in [-0.05, 0) is 18.1 Å². The Balaban J connectivity index is 1.95. The predicted octanol–water partition coefficient (Wildman–Crippen LogP) is 1.89. The number of nitrogens with zero attached hydrogens (tertiary/aromatic N) is 1. The van der Waals surface area contributed by atoms with E-state index in [2.05, 4.69) is 37.3 Å². The molecule has 2 nitrogen and oxygen atoms in total. The third-order valence-corrected chi connectivity index (χ3v) is 2.74. The van der Waals surface area contributed by atoms with Crippen molar-refractivity contribution in [2.45, 2.75) is 13.5 Å². The lowest BCUT2D eigenvalue weighted by Gasteiger charge is -2.03. The second-order valence-electron chi connectivity index (χ2n) is 4.30. The smallest absolute Gasteiger partial charge is 0.142 e. The molecule has 0 saturated heterocycles. The number of hydrogen-bond donors (Lipinski definition) is 0. The van der Waals surface area contributed by atoms with E-state index in [1.54, 1.807) is 0 Å². The molecule has 0 N–H and O–H groups in total. The Labute approximate surface area is 109 Å². The lowest BCUT2D eigenvalue weighted by atomic mass is 9.95. The molecule has 0 aromatic heterocycles. The summed E-state index contributed by atoms with van der Waals surface area (Å²) in [5, 5.41) is 4.14. The van der Waals surface area contributed by atoms with Gasteiger partial charge in [-0.2, -0.15) is 0 Å². The zero-order valence-electron chi connectivity index (χ0n) is 10.8. The first-order chi connectivity index (χ1) is 8.75. The highest BCUT2D eigenvalue weighted by atomic mass is 16.6. The molecule has 0 fully saturated rings. The van der Waals surface area contributed by atoms with Crippen LogP contribution in [0.2, 0.25) is 0 Å². The maximum Gasteiger partial charge on any atom is 0.142 e. The topological polar surface area (TPSA) is 21.6 Å². The molecule has 0 aliphatic rings. The minimum atomic E-state index is 0.504. The molecule has 0 atom stereocenters. The number of rotatable bonds is 4. The van der Waals surface area contributed by atoms with Gasteiger partial charge in [0.1, 0.15) is 14.5 Å². The van der Waals surface area contributed by atoms with E-state index in [1.807, 2.05) is 37.3 Å². The fraction of sp³-hybridized carbons (Fsp3) is 0.133. The monoisotopic (exact) mass is 237 g/mol. The zero-order chi connectivity index (χ0) is 12.8. The maximum atomic E-state index is 5.35. The van der Waals surface area contributed by atoms with Crippen LogP contribution in [0.1, 0.15) is 18.1 Å². The highest BCUT2D eigenvalue weighted by Crippen LogP contribution is 2.03. The molecule has 0 bridgehead atoms. The highest BCUT2D eigenvalue weighted by Gasteiger charge is 1.97. The summed E-state index contributed by atoms with van der Waals surface area (Å²) in [6.45, 7) is 2.46. The Kier molecular flexibility index (Phi) is 4.18. The highest BCUT2D eigenvalue weighted by molar-refractivity contribution is 6.32. The third-order valence-electron chi connectivity index (χ3n) is 2.74. The van der Waals surface area contributed by atoms with Crippen molar-refractivity contribution >= 4 is 19.0 Å². The molecule has 0 aliphatic heterocycles. The normalized spacial score (nSPS) is 11.3. The van der Waals surface area contributed by atoms with Gasteiger partial charge in [-0.25, -0.2) is 0 Å². The van der Waals surface area contributed by atoms with Crippen LogP contribution in [0.5, 0.6) is 0 Å². The van der Waals surface area contributed by atoms with Gasteiger partial charge in [0, 0.05) is 0 Å². The first-order valence-electron chi connectivity index (χ1n) is 6.03. The van der Waals surface area contributed by atoms with E-state index in [0.29, 0.717) is 6.61 Å². The quantitative estimate of drug-likeness (QED) is 0.452. The van der Waals surface area contributed by atoms with E-state index in [1.165, 1.54) is 5.46 Å². The summed E-state index contributed by atoms with van der Waals surface area (Å²) in [4.78, 5) is 5.35. The van der Waals surface area contributed by atoms with Crippen LogP contribution in [0.15, 0.2) is 59.8 Å². The molecule has 0 amide bonds. The Morgan fingerprint density at radius 2 is 1.72 bits per heavy atom. The molecular formula is C15H16BNO. The van der Waals surface area contributed by atoms with E-state index in [9.17, 15) is 0 Å². The van der Waals surface area contributed by atoms with Gasteiger partial charge in [0.05, 0.1) is 5.71 Å². The van der Waals surface area contributed by atoms with E-state index < -0.39 is 0 Å². The summed E-state index contributed by atoms with van der Waals surface area (Å²) < 4.78 is 0. The van der Waals surface area contributed by atoms with Gasteiger partial charge in [-0.1, -0.05) is 65.2 Å². The molecule has 90 valence electrons. The van der Waals surface area contributed by atoms with Crippen molar-refractivity contribution in [3.8, 4) is 0 Å². The van der Waals surface area contributed by atoms with Crippen LogP contribution in [-0.2, 0) is 11.4 Å². The second-order valence-corrected chi connectivity index (χ2v) is 4.30. The molecule has 2 rings (SSSR count). The molecule has 18 heavy (non-hydrogen) atoms. The van der Waals surface area contributed by atoms with Crippen LogP contribution < -0.4 is 5.46 Å². The van der Waals surface area contributed by atoms with Crippen molar-refractivity contribution in [3.05, 3.63) is 65.7 Å². The molecule has 0 heterocycles. The lowest BCUT2D eigenvalue weighted by molar-refractivity contribution is 0.130. The average Bonchev–Trinajstić information content (AvgIpc) is 2.40. The van der Waals surface area contributed by atoms with Gasteiger partial charge in [0.2, 0.25) is 0 Å². The summed E-state index contributed by atoms with van der Waals surface area (Å²) in [7, 11) is 2.07. The van der Waals surface area contributed by atoms with E-state index in [4.69, 9.17) is 4.84 Å². The summed E-state index contributed by atoms with van der Waals surface area (Å²) in [5.41, 5.74) is 4.36. The second kappa shape index (κ2) is 6.06. The molecule has 0 aliphatic carbocycles. The zero-order valence-corrected chi connectivity index (χ0v) is 10.8. The molecule has 0 radical (unpaired) electrons. The summed E-state index contributed by atoms with van der Waals surface area (Å²) in [6, 6.07) is 18.3. The van der Waals surface area contributed by atoms with Crippen LogP contribution >= 0.6 is 0 Å². The Morgan fingerprint density at radius 3 is 2.39 bits per heavy atom. The van der Waals surface area contributed by atoms with Crippen LogP contribution in [0.4, 0.5) is 0 Å². The van der Waals surface area contributed by atoms with Crippen LogP contribution in [0.25, 0.3) is 0 Å². The van der Waals surface area contributed by atoms with Crippen molar-refractivity contribution in [2.75, 3.05) is 0 Å². The first kappa shape index (κ1) is 12.4. The molecule has 2 aromatic carbocycles. The van der Waals surface area contributed by atoms with Crippen molar-refractivity contribution in [2.24, 2.45) is 5.16 Å². The Morgan fingerprint density at radius 1 is 1.06 bits per heavy atom. The summed E-state index contributed by atoms with van der Waals surface area (Å²) >= 11 is 0. The molecule has 0 spiro atoms. The molecular weight excluding hydrogens is 221 g/mol. The van der Waals surface area contributed by atoms with E-state index in [0.717, 1.165) is 16.8 Å². The van der Waals surface area contributed by atoms with Crippen LogP contribution in [0.3, 0.4) is 0 Å². The van der Waals surface area contributed by atoms with Crippen molar-refractivity contribution in [3.63, 3.8) is 0 Å². The summed E-state index contributed by atoms with van der Waals surface area (Å²) in [5.74, 6) is 0. The SMILES string of the molecule is Bc1ccc(C(C)=NOCc2ccccc2)cc1. The first-order valence-corrected chi connectivity index (χ1v) is 6.03. The molecule has 2 aromatic rings. The Bertz CT molecular complexity index is 520. The predicted molar refractivity (Wildman–Crippen MR) is 78.1 cm³/mol. The fourth-order valence-electron chi connectivity index (χ4n) is 1.63. The lowest BCUT2D eigenvalue weighted by Crippen LogP contribution is -2.03. The average molecular weight is 237 g/mol. The third kappa shape index (κ3) is 3.49. The minimum absolute atomic E-state index is 0.504. The molecule has 0 saturated carbocycles. The van der Waals surface area contributed by atoms with Crippen molar-refractivity contribution in [1.29, 1.82) is 0 Å². The number of benzene rings is 2. The number of oxime groups is 1. The van der Waals surface area contributed by atoms with E-state index >= 15 is 0 Å². The number of hydrogen-bond acceptors (Lipinski definition) is 2. The largest absolute Gasteiger partial charge is 0.391 e. The molecule has 3 heteroatoms. The van der Waals surface area contributed by atoms with Gasteiger partial charge >= 0.3 is 0 Å². The summed E-state index contributed by atoms with van der Waals surface area (Å²) in [6.07, 6.45) is 0. The minimum Gasteiger partial charge on any atom is -0.391 e. The van der Waals surface area contributed by atoms with Gasteiger partial charge in [0.25, 0.3) is 0 Å². The maximum absolute atomic E-state index is 5.35. The van der Waals surface area contributed by atoms with Gasteiger partial charge in [0.15, 0.2) is 0 Å². The standard InChI is InChI=1S/C15H16BNO/c1-12(14-7-9-15(16)10-8-14)17-18-11-13-5-3-2-4-6-13/h2-10H,11,16H2,1H3. The molecule has 0 unspecified atom stereocenters. The van der Waals surface area contributed by atoms with Gasteiger partial charge < -0.3 is 4.84 Å². The fourth-order valence-corrected chi connectivity index (χ4v) is 1.63. The van der Waals surface area contributed by atoms with Crippen molar-refractivity contribution in [1.82, 2.24) is 0 Å². The van der Waals surface area contributed by atoms with Crippen molar-refractivity contribution < 1.29 is 4.84 Å². The van der Waals surface area contributed by atoms with Crippen LogP contribution in [-0.4, -0.2) is 13.6 Å². The van der Waals surface area contributed by atoms with Gasteiger partial charge in [-0.15, -0.1) is 0 Å². The van der Waals surface area contributed by atoms with Crippen LogP contribution in [0, 0.1) is 0 Å².